The molecule has 4 rings (SSSR count). The third-order valence-electron chi connectivity index (χ3n) is 4.04. The minimum Gasteiger partial charge on any atom is -0.335 e. The number of hydrogen-bond donors (Lipinski definition) is 1. The molecule has 0 radical (unpaired) electrons. The number of Topliss-reactive ketones (excluding diaryl/α,β-unsaturated/α-hetero) is 2. The Morgan fingerprint density at radius 1 is 0.962 bits per heavy atom. The van der Waals surface area contributed by atoms with Crippen LogP contribution in [0, 0.1) is 6.92 Å². The van der Waals surface area contributed by atoms with Gasteiger partial charge in [-0.15, -0.1) is 0 Å². The second kappa shape index (κ2) is 6.59. The maximum atomic E-state index is 12.9. The summed E-state index contributed by atoms with van der Waals surface area (Å²) in [6.07, 6.45) is 0. The van der Waals surface area contributed by atoms with E-state index in [1.54, 1.807) is 0 Å². The molecule has 0 bridgehead atoms. The molecule has 128 valence electrons. The maximum absolute atomic E-state index is 12.9. The second-order valence-electron chi connectivity index (χ2n) is 5.89. The van der Waals surface area contributed by atoms with Crippen molar-refractivity contribution in [2.75, 3.05) is 0 Å². The lowest BCUT2D eigenvalue weighted by atomic mass is 10.1. The van der Waals surface area contributed by atoms with E-state index < -0.39 is 5.78 Å². The molecule has 1 aromatic heterocycles. The molecule has 1 aliphatic rings. The number of nitrogens with one attached hydrogen (secondary N) is 1. The Bertz CT molecular complexity index is 1050. The zero-order valence-corrected chi connectivity index (χ0v) is 15.3. The Balaban J connectivity index is 1.73. The highest BCUT2D eigenvalue weighted by atomic mass is 35.5. The zero-order valence-electron chi connectivity index (χ0n) is 13.7. The molecule has 26 heavy (non-hydrogen) atoms. The van der Waals surface area contributed by atoms with E-state index in [0.29, 0.717) is 5.82 Å². The number of aromatic amines is 1. The number of halogens is 1. The predicted molar refractivity (Wildman–Crippen MR) is 103 cm³/mol. The van der Waals surface area contributed by atoms with Crippen LogP contribution in [0.1, 0.15) is 26.5 Å². The quantitative estimate of drug-likeness (QED) is 0.694. The molecule has 1 N–H and O–H groups in total. The molecular formula is C20H13ClN2O2S. The summed E-state index contributed by atoms with van der Waals surface area (Å²) in [6.45, 7) is 1.98. The fourth-order valence-corrected chi connectivity index (χ4v) is 3.85. The van der Waals surface area contributed by atoms with Crippen molar-refractivity contribution in [3.8, 4) is 11.4 Å². The molecule has 0 fully saturated rings. The van der Waals surface area contributed by atoms with E-state index in [4.69, 9.17) is 11.6 Å². The Kier molecular flexibility index (Phi) is 4.26. The largest absolute Gasteiger partial charge is 0.335 e. The molecule has 4 nitrogen and oxygen atoms in total. The summed E-state index contributed by atoms with van der Waals surface area (Å²) >= 11 is 7.42. The average Bonchev–Trinajstić information content (AvgIpc) is 3.11. The first-order valence-electron chi connectivity index (χ1n) is 7.93. The van der Waals surface area contributed by atoms with Gasteiger partial charge in [-0.25, -0.2) is 4.98 Å². The summed E-state index contributed by atoms with van der Waals surface area (Å²) in [7, 11) is 0. The van der Waals surface area contributed by atoms with Crippen LogP contribution in [0.15, 0.2) is 69.4 Å². The van der Waals surface area contributed by atoms with Crippen LogP contribution in [-0.2, 0) is 0 Å². The molecule has 1 heterocycles. The van der Waals surface area contributed by atoms with Crippen molar-refractivity contribution in [3.05, 3.63) is 81.5 Å². The van der Waals surface area contributed by atoms with Gasteiger partial charge >= 0.3 is 0 Å². The van der Waals surface area contributed by atoms with E-state index in [-0.39, 0.29) is 27.1 Å². The Labute approximate surface area is 159 Å². The number of hydrogen-bond acceptors (Lipinski definition) is 4. The number of nitrogens with zero attached hydrogens (tertiary/aromatic N) is 1. The molecule has 0 unspecified atom stereocenters. The van der Waals surface area contributed by atoms with Crippen molar-refractivity contribution < 1.29 is 9.59 Å². The predicted octanol–water partition coefficient (Wildman–Crippen LogP) is 5.01. The smallest absolute Gasteiger partial charge is 0.224 e. The highest BCUT2D eigenvalue weighted by Crippen LogP contribution is 2.38. The molecule has 0 aliphatic heterocycles. The zero-order chi connectivity index (χ0) is 18.3. The Morgan fingerprint density at radius 3 is 2.35 bits per heavy atom. The summed E-state index contributed by atoms with van der Waals surface area (Å²) in [5.41, 5.74) is 2.17. The van der Waals surface area contributed by atoms with Gasteiger partial charge in [0.25, 0.3) is 0 Å². The molecule has 0 amide bonds. The number of rotatable bonds is 3. The van der Waals surface area contributed by atoms with Gasteiger partial charge in [-0.3, -0.25) is 9.59 Å². The van der Waals surface area contributed by atoms with Crippen LogP contribution in [0.4, 0.5) is 0 Å². The van der Waals surface area contributed by atoms with Gasteiger partial charge in [-0.2, -0.15) is 0 Å². The minimum absolute atomic E-state index is 0.0728. The minimum atomic E-state index is -0.412. The van der Waals surface area contributed by atoms with Crippen molar-refractivity contribution in [1.82, 2.24) is 9.97 Å². The number of aryl methyl sites for hydroxylation is 1. The summed E-state index contributed by atoms with van der Waals surface area (Å²) in [6, 6.07) is 17.0. The molecule has 1 aliphatic carbocycles. The monoisotopic (exact) mass is 380 g/mol. The van der Waals surface area contributed by atoms with Crippen molar-refractivity contribution in [2.45, 2.75) is 11.8 Å². The number of fused-ring (bicyclic) bond motifs is 1. The van der Waals surface area contributed by atoms with Gasteiger partial charge in [-0.05, 0) is 19.1 Å². The molecular weight excluding hydrogens is 368 g/mol. The molecule has 2 aromatic carbocycles. The fourth-order valence-electron chi connectivity index (χ4n) is 2.67. The number of imidazole rings is 1. The van der Waals surface area contributed by atoms with Crippen molar-refractivity contribution in [3.63, 3.8) is 0 Å². The van der Waals surface area contributed by atoms with Crippen LogP contribution in [0.3, 0.4) is 0 Å². The number of H-pyrrole nitrogens is 1. The lowest BCUT2D eigenvalue weighted by Crippen LogP contribution is -2.18. The number of benzene rings is 2. The lowest BCUT2D eigenvalue weighted by molar-refractivity contribution is 0.0982. The van der Waals surface area contributed by atoms with Crippen LogP contribution in [0.2, 0.25) is 0 Å². The molecule has 0 saturated carbocycles. The number of carbonyl (C=O) groups is 2. The van der Waals surface area contributed by atoms with Crippen LogP contribution < -0.4 is 0 Å². The van der Waals surface area contributed by atoms with Crippen LogP contribution >= 0.6 is 23.4 Å². The highest BCUT2D eigenvalue weighted by molar-refractivity contribution is 8.04. The van der Waals surface area contributed by atoms with Crippen molar-refractivity contribution in [2.24, 2.45) is 0 Å². The first-order chi connectivity index (χ1) is 12.5. The van der Waals surface area contributed by atoms with Gasteiger partial charge in [0.15, 0.2) is 0 Å². The number of thioether (sulfide) groups is 1. The van der Waals surface area contributed by atoms with Gasteiger partial charge in [0, 0.05) is 10.5 Å². The van der Waals surface area contributed by atoms with E-state index in [2.05, 4.69) is 9.97 Å². The van der Waals surface area contributed by atoms with Gasteiger partial charge in [-0.1, -0.05) is 71.4 Å². The van der Waals surface area contributed by atoms with E-state index in [1.807, 2.05) is 61.5 Å². The Morgan fingerprint density at radius 2 is 1.65 bits per heavy atom. The molecule has 0 saturated heterocycles. The molecule has 0 spiro atoms. The SMILES string of the molecule is Cc1ccc(SC2=C(Cl)C(=O)c3[nH]c(-c4ccccc4)nc3C2=O)cc1. The van der Waals surface area contributed by atoms with E-state index in [0.717, 1.165) is 16.0 Å². The summed E-state index contributed by atoms with van der Waals surface area (Å²) in [4.78, 5) is 33.9. The molecule has 6 heteroatoms. The number of aromatic nitrogens is 2. The average molecular weight is 381 g/mol. The first-order valence-corrected chi connectivity index (χ1v) is 9.13. The Hall–Kier alpha value is -2.63. The van der Waals surface area contributed by atoms with E-state index >= 15 is 0 Å². The third kappa shape index (κ3) is 2.89. The van der Waals surface area contributed by atoms with E-state index in [9.17, 15) is 9.59 Å². The number of carbonyl (C=O) groups excluding carboxylic acids is 2. The van der Waals surface area contributed by atoms with Gasteiger partial charge < -0.3 is 4.98 Å². The number of allylic oxidation sites excluding steroid dienone is 2. The first kappa shape index (κ1) is 16.8. The van der Waals surface area contributed by atoms with E-state index in [1.165, 1.54) is 11.8 Å². The van der Waals surface area contributed by atoms with Crippen LogP contribution in [0.25, 0.3) is 11.4 Å². The normalized spacial score (nSPS) is 13.9. The summed E-state index contributed by atoms with van der Waals surface area (Å²) in [5, 5.41) is -0.0728. The molecule has 0 atom stereocenters. The van der Waals surface area contributed by atoms with Crippen molar-refractivity contribution >= 4 is 34.9 Å². The van der Waals surface area contributed by atoms with Gasteiger partial charge in [0.2, 0.25) is 11.6 Å². The third-order valence-corrected chi connectivity index (χ3v) is 5.61. The van der Waals surface area contributed by atoms with Gasteiger partial charge in [0.1, 0.15) is 22.2 Å². The molecule has 3 aromatic rings. The highest BCUT2D eigenvalue weighted by Gasteiger charge is 2.35. The standard InChI is InChI=1S/C20H13ClN2O2S/c1-11-7-9-13(10-8-11)26-19-14(21)17(24)15-16(18(19)25)23-20(22-15)12-5-3-2-4-6-12/h2-10H,1H3,(H,22,23). The fraction of sp³-hybridized carbons (Fsp3) is 0.0500. The topological polar surface area (TPSA) is 62.8 Å². The second-order valence-corrected chi connectivity index (χ2v) is 7.35. The summed E-state index contributed by atoms with van der Waals surface area (Å²) < 4.78 is 0. The lowest BCUT2D eigenvalue weighted by Gasteiger charge is -2.13. The number of ketones is 2. The summed E-state index contributed by atoms with van der Waals surface area (Å²) in [5.74, 6) is -0.275. The van der Waals surface area contributed by atoms with Crippen LogP contribution in [-0.4, -0.2) is 21.5 Å². The maximum Gasteiger partial charge on any atom is 0.224 e. The van der Waals surface area contributed by atoms with Crippen molar-refractivity contribution in [1.29, 1.82) is 0 Å². The van der Waals surface area contributed by atoms with Gasteiger partial charge in [0.05, 0.1) is 4.91 Å². The van der Waals surface area contributed by atoms with Crippen LogP contribution in [0.5, 0.6) is 0 Å².